The Kier molecular flexibility index (Phi) is 5.09. The Balaban J connectivity index is 0.000000254. The van der Waals surface area contributed by atoms with E-state index in [-0.39, 0.29) is 0 Å². The lowest BCUT2D eigenvalue weighted by Crippen LogP contribution is -2.63. The van der Waals surface area contributed by atoms with Crippen molar-refractivity contribution >= 4 is 10.4 Å². The van der Waals surface area contributed by atoms with Crippen LogP contribution in [0, 0.1) is 11.8 Å². The van der Waals surface area contributed by atoms with E-state index in [9.17, 15) is 0 Å². The molecule has 4 rings (SSSR count). The average molecular weight is 332 g/mol. The molecule has 128 valence electrons. The van der Waals surface area contributed by atoms with E-state index in [1.54, 1.807) is 6.42 Å². The molecule has 2 bridgehead atoms. The molecule has 4 atom stereocenters. The van der Waals surface area contributed by atoms with Crippen molar-refractivity contribution in [2.45, 2.75) is 57.0 Å². The molecule has 2 N–H and O–H groups in total. The second-order valence-corrected chi connectivity index (χ2v) is 8.22. The van der Waals surface area contributed by atoms with Crippen molar-refractivity contribution in [3.63, 3.8) is 0 Å². The lowest BCUT2D eigenvalue weighted by molar-refractivity contribution is -0.0718. The van der Waals surface area contributed by atoms with Gasteiger partial charge in [0.2, 0.25) is 0 Å². The first kappa shape index (κ1) is 16.6. The smallest absolute Gasteiger partial charge is 0.300 e. The molecule has 0 saturated carbocycles. The Labute approximate surface area is 133 Å². The summed E-state index contributed by atoms with van der Waals surface area (Å²) in [6.45, 7) is 5.68. The first-order valence-electron chi connectivity index (χ1n) is 8.60. The van der Waals surface area contributed by atoms with Crippen molar-refractivity contribution in [2.75, 3.05) is 26.2 Å². The van der Waals surface area contributed by atoms with Gasteiger partial charge in [0, 0.05) is 25.2 Å². The van der Waals surface area contributed by atoms with Gasteiger partial charge in [-0.25, -0.2) is 0 Å². The largest absolute Gasteiger partial charge is 0.394 e. The SMILES string of the molecule is C1CCN2C[C@H]3C[C@@H](CN4CCCC[C@@H]34)[C@H]2C1.O=S(=O)(O)O. The van der Waals surface area contributed by atoms with Crippen molar-refractivity contribution < 1.29 is 17.5 Å². The molecule has 4 saturated heterocycles. The molecule has 22 heavy (non-hydrogen) atoms. The number of fused-ring (bicyclic) bond motifs is 6. The number of hydrogen-bond acceptors (Lipinski definition) is 4. The maximum Gasteiger partial charge on any atom is 0.394 e. The first-order valence-corrected chi connectivity index (χ1v) is 9.99. The lowest BCUT2D eigenvalue weighted by atomic mass is 9.71. The summed E-state index contributed by atoms with van der Waals surface area (Å²) >= 11 is 0. The van der Waals surface area contributed by atoms with Gasteiger partial charge in [-0.1, -0.05) is 12.8 Å². The van der Waals surface area contributed by atoms with Crippen molar-refractivity contribution in [3.8, 4) is 0 Å². The molecule has 0 aliphatic carbocycles. The third-order valence-corrected chi connectivity index (χ3v) is 5.96. The molecule has 4 fully saturated rings. The van der Waals surface area contributed by atoms with Crippen LogP contribution in [0.25, 0.3) is 0 Å². The highest BCUT2D eigenvalue weighted by molar-refractivity contribution is 7.79. The zero-order chi connectivity index (χ0) is 15.7. The average Bonchev–Trinajstić information content (AvgIpc) is 2.46. The quantitative estimate of drug-likeness (QED) is 0.657. The van der Waals surface area contributed by atoms with Gasteiger partial charge in [0.05, 0.1) is 0 Å². The van der Waals surface area contributed by atoms with Crippen molar-refractivity contribution in [1.82, 2.24) is 9.80 Å². The van der Waals surface area contributed by atoms with Gasteiger partial charge < -0.3 is 0 Å². The molecule has 7 heteroatoms. The van der Waals surface area contributed by atoms with Crippen LogP contribution in [-0.4, -0.2) is 65.6 Å². The molecule has 0 aromatic carbocycles. The summed E-state index contributed by atoms with van der Waals surface area (Å²) in [6, 6.07) is 1.92. The van der Waals surface area contributed by atoms with Crippen LogP contribution >= 0.6 is 0 Å². The third-order valence-electron chi connectivity index (χ3n) is 5.96. The predicted molar refractivity (Wildman–Crippen MR) is 84.2 cm³/mol. The van der Waals surface area contributed by atoms with Gasteiger partial charge in [0.25, 0.3) is 0 Å². The summed E-state index contributed by atoms with van der Waals surface area (Å²) in [6.07, 6.45) is 10.5. The van der Waals surface area contributed by atoms with E-state index in [0.29, 0.717) is 0 Å². The molecule has 0 radical (unpaired) electrons. The van der Waals surface area contributed by atoms with E-state index in [1.165, 1.54) is 64.7 Å². The second-order valence-electron chi connectivity index (χ2n) is 7.32. The Bertz CT molecular complexity index is 448. The van der Waals surface area contributed by atoms with E-state index in [4.69, 9.17) is 17.5 Å². The monoisotopic (exact) mass is 332 g/mol. The van der Waals surface area contributed by atoms with E-state index in [0.717, 1.165) is 23.9 Å². The molecule has 0 unspecified atom stereocenters. The van der Waals surface area contributed by atoms with Crippen LogP contribution < -0.4 is 0 Å². The highest BCUT2D eigenvalue weighted by Crippen LogP contribution is 2.42. The fourth-order valence-electron chi connectivity index (χ4n) is 5.25. The summed E-state index contributed by atoms with van der Waals surface area (Å²) < 4.78 is 31.6. The third kappa shape index (κ3) is 4.00. The van der Waals surface area contributed by atoms with Crippen molar-refractivity contribution in [3.05, 3.63) is 0 Å². The highest BCUT2D eigenvalue weighted by Gasteiger charge is 2.46. The van der Waals surface area contributed by atoms with Crippen LogP contribution in [-0.2, 0) is 10.4 Å². The van der Waals surface area contributed by atoms with E-state index in [1.807, 2.05) is 0 Å². The molecular formula is C15H28N2O4S. The summed E-state index contributed by atoms with van der Waals surface area (Å²) in [5.74, 6) is 2.03. The van der Waals surface area contributed by atoms with Crippen molar-refractivity contribution in [2.24, 2.45) is 11.8 Å². The van der Waals surface area contributed by atoms with Crippen LogP contribution in [0.3, 0.4) is 0 Å². The van der Waals surface area contributed by atoms with Gasteiger partial charge in [0.15, 0.2) is 0 Å². The Hall–Kier alpha value is -0.210. The maximum atomic E-state index is 8.74. The van der Waals surface area contributed by atoms with Gasteiger partial charge in [-0.05, 0) is 57.0 Å². The zero-order valence-electron chi connectivity index (χ0n) is 13.1. The second kappa shape index (κ2) is 6.73. The fourth-order valence-corrected chi connectivity index (χ4v) is 5.25. The Morgan fingerprint density at radius 1 is 0.773 bits per heavy atom. The number of rotatable bonds is 0. The molecule has 0 aromatic rings. The molecule has 0 aromatic heterocycles. The van der Waals surface area contributed by atoms with Gasteiger partial charge in [0.1, 0.15) is 0 Å². The summed E-state index contributed by atoms with van der Waals surface area (Å²) in [5.41, 5.74) is 0. The molecule has 0 amide bonds. The van der Waals surface area contributed by atoms with Crippen LogP contribution in [0.4, 0.5) is 0 Å². The minimum absolute atomic E-state index is 0.961. The Morgan fingerprint density at radius 3 is 1.59 bits per heavy atom. The van der Waals surface area contributed by atoms with Crippen molar-refractivity contribution in [1.29, 1.82) is 0 Å². The number of hydrogen-bond donors (Lipinski definition) is 2. The molecule has 0 spiro atoms. The first-order chi connectivity index (χ1) is 10.4. The predicted octanol–water partition coefficient (Wildman–Crippen LogP) is 1.69. The van der Waals surface area contributed by atoms with Gasteiger partial charge in [-0.15, -0.1) is 0 Å². The highest BCUT2D eigenvalue weighted by atomic mass is 32.3. The minimum atomic E-state index is -4.67. The zero-order valence-corrected chi connectivity index (χ0v) is 13.9. The summed E-state index contributed by atoms with van der Waals surface area (Å²) in [4.78, 5) is 5.74. The van der Waals surface area contributed by atoms with Gasteiger partial charge >= 0.3 is 10.4 Å². The van der Waals surface area contributed by atoms with Crippen LogP contribution in [0.5, 0.6) is 0 Å². The lowest BCUT2D eigenvalue weighted by Gasteiger charge is -2.57. The van der Waals surface area contributed by atoms with Crippen LogP contribution in [0.2, 0.25) is 0 Å². The van der Waals surface area contributed by atoms with E-state index >= 15 is 0 Å². The minimum Gasteiger partial charge on any atom is -0.300 e. The normalized spacial score (nSPS) is 39.2. The molecule has 4 heterocycles. The number of nitrogens with zero attached hydrogens (tertiary/aromatic N) is 2. The van der Waals surface area contributed by atoms with E-state index < -0.39 is 10.4 Å². The molecule has 6 nitrogen and oxygen atoms in total. The van der Waals surface area contributed by atoms with Gasteiger partial charge in [-0.2, -0.15) is 8.42 Å². The molecular weight excluding hydrogens is 304 g/mol. The van der Waals surface area contributed by atoms with Gasteiger partial charge in [-0.3, -0.25) is 18.9 Å². The summed E-state index contributed by atoms with van der Waals surface area (Å²) in [7, 11) is -4.67. The van der Waals surface area contributed by atoms with Crippen LogP contribution in [0.1, 0.15) is 44.9 Å². The number of piperidine rings is 4. The van der Waals surface area contributed by atoms with Crippen LogP contribution in [0.15, 0.2) is 0 Å². The topological polar surface area (TPSA) is 81.1 Å². The standard InChI is InChI=1S/C15H26N2.H2O4S/c1-3-7-16-11-13-9-12(14(16)5-1)10-17-8-4-2-6-15(13)17;1-5(2,3)4/h12-15H,1-11H2;(H2,1,2,3,4)/t12-,13+,14+,15-;. The van der Waals surface area contributed by atoms with E-state index in [2.05, 4.69) is 9.80 Å². The fraction of sp³-hybridized carbons (Fsp3) is 1.00. The molecule has 4 aliphatic rings. The molecule has 4 aliphatic heterocycles. The maximum absolute atomic E-state index is 8.74. The Morgan fingerprint density at radius 2 is 1.18 bits per heavy atom. The summed E-state index contributed by atoms with van der Waals surface area (Å²) in [5, 5.41) is 0.